The van der Waals surface area contributed by atoms with Crippen molar-refractivity contribution in [3.8, 4) is 16.3 Å². The molecule has 0 fully saturated rings. The van der Waals surface area contributed by atoms with Crippen molar-refractivity contribution in [2.24, 2.45) is 5.92 Å². The van der Waals surface area contributed by atoms with Gasteiger partial charge in [0.1, 0.15) is 11.1 Å². The number of fused-ring (bicyclic) bond motifs is 1. The van der Waals surface area contributed by atoms with Crippen LogP contribution in [-0.4, -0.2) is 32.8 Å². The van der Waals surface area contributed by atoms with Crippen molar-refractivity contribution < 1.29 is 14.3 Å². The van der Waals surface area contributed by atoms with E-state index in [-0.39, 0.29) is 11.7 Å². The van der Waals surface area contributed by atoms with Crippen LogP contribution in [0.4, 0.5) is 5.13 Å². The number of nitrogens with one attached hydrogen (secondary N) is 1. The molecule has 0 bridgehead atoms. The van der Waals surface area contributed by atoms with Crippen molar-refractivity contribution in [3.63, 3.8) is 0 Å². The number of ketones is 1. The van der Waals surface area contributed by atoms with Crippen LogP contribution in [0.1, 0.15) is 43.2 Å². The summed E-state index contributed by atoms with van der Waals surface area (Å²) in [7, 11) is 0. The molecule has 3 aromatic heterocycles. The topological polar surface area (TPSA) is 86.1 Å². The van der Waals surface area contributed by atoms with Crippen LogP contribution >= 0.6 is 22.9 Å². The lowest BCUT2D eigenvalue weighted by atomic mass is 10.0. The number of hydrogen-bond acceptors (Lipinski definition) is 6. The molecule has 1 aliphatic heterocycles. The number of carbonyl (C=O) groups excluding carboxylic acids is 2. The van der Waals surface area contributed by atoms with E-state index in [1.807, 2.05) is 0 Å². The van der Waals surface area contributed by atoms with Crippen LogP contribution in [-0.2, 0) is 4.79 Å². The van der Waals surface area contributed by atoms with E-state index in [4.69, 9.17) is 16.3 Å². The minimum absolute atomic E-state index is 0.0609. The average Bonchev–Trinajstić information content (AvgIpc) is 3.37. The number of amides is 1. The number of hydrogen-bond donors (Lipinski definition) is 1. The first-order chi connectivity index (χ1) is 14.4. The Morgan fingerprint density at radius 1 is 1.40 bits per heavy atom. The van der Waals surface area contributed by atoms with Gasteiger partial charge in [0, 0.05) is 30.6 Å². The zero-order valence-corrected chi connectivity index (χ0v) is 18.2. The Balaban J connectivity index is 1.46. The molecule has 1 amide bonds. The molecule has 7 nitrogen and oxygen atoms in total. The van der Waals surface area contributed by atoms with Crippen LogP contribution in [0.2, 0.25) is 5.02 Å². The molecule has 0 radical (unpaired) electrons. The summed E-state index contributed by atoms with van der Waals surface area (Å²) in [6, 6.07) is 4.89. The number of pyridine rings is 1. The van der Waals surface area contributed by atoms with Gasteiger partial charge in [0.15, 0.2) is 10.9 Å². The monoisotopic (exact) mass is 444 g/mol. The maximum Gasteiger partial charge on any atom is 0.249 e. The third-order valence-electron chi connectivity index (χ3n) is 4.73. The predicted octanol–water partition coefficient (Wildman–Crippen LogP) is 4.85. The first kappa shape index (κ1) is 20.6. The van der Waals surface area contributed by atoms with Gasteiger partial charge in [0.05, 0.1) is 17.2 Å². The predicted molar refractivity (Wildman–Crippen MR) is 116 cm³/mol. The lowest BCUT2D eigenvalue weighted by Gasteiger charge is -2.24. The molecule has 0 spiro atoms. The number of thiazole rings is 1. The van der Waals surface area contributed by atoms with Crippen LogP contribution in [0.3, 0.4) is 0 Å². The van der Waals surface area contributed by atoms with Gasteiger partial charge in [-0.3, -0.25) is 9.59 Å². The van der Waals surface area contributed by atoms with Gasteiger partial charge in [0.2, 0.25) is 11.8 Å². The van der Waals surface area contributed by atoms with Gasteiger partial charge >= 0.3 is 0 Å². The fraction of sp³-hybridized carbons (Fsp3) is 0.333. The molecule has 1 N–H and O–H groups in total. The highest BCUT2D eigenvalue weighted by molar-refractivity contribution is 7.19. The Hall–Kier alpha value is -2.71. The quantitative estimate of drug-likeness (QED) is 0.587. The SMILES string of the molecule is CC(C)COc1ncc(-c2cnc(NC(=O)C3CCC(=O)c4cccn43)s2)cc1Cl. The van der Waals surface area contributed by atoms with Gasteiger partial charge in [-0.05, 0) is 30.5 Å². The van der Waals surface area contributed by atoms with Crippen LogP contribution in [0.15, 0.2) is 36.8 Å². The molecule has 1 atom stereocenters. The van der Waals surface area contributed by atoms with E-state index in [9.17, 15) is 9.59 Å². The molecular formula is C21H21ClN4O3S. The van der Waals surface area contributed by atoms with E-state index in [2.05, 4.69) is 29.1 Å². The van der Waals surface area contributed by atoms with E-state index >= 15 is 0 Å². The Morgan fingerprint density at radius 3 is 3.00 bits per heavy atom. The van der Waals surface area contributed by atoms with Gasteiger partial charge in [0.25, 0.3) is 0 Å². The maximum absolute atomic E-state index is 12.8. The van der Waals surface area contributed by atoms with E-state index in [0.29, 0.717) is 47.1 Å². The van der Waals surface area contributed by atoms with Crippen molar-refractivity contribution >= 4 is 39.8 Å². The zero-order chi connectivity index (χ0) is 21.3. The van der Waals surface area contributed by atoms with Crippen LogP contribution in [0.25, 0.3) is 10.4 Å². The molecule has 4 heterocycles. The van der Waals surface area contributed by atoms with Crippen LogP contribution < -0.4 is 10.1 Å². The maximum atomic E-state index is 12.8. The van der Waals surface area contributed by atoms with Gasteiger partial charge in [-0.2, -0.15) is 0 Å². The van der Waals surface area contributed by atoms with Crippen molar-refractivity contribution in [1.29, 1.82) is 0 Å². The number of aromatic nitrogens is 3. The number of rotatable bonds is 6. The molecular weight excluding hydrogens is 424 g/mol. The van der Waals surface area contributed by atoms with Gasteiger partial charge in [-0.25, -0.2) is 9.97 Å². The smallest absolute Gasteiger partial charge is 0.249 e. The summed E-state index contributed by atoms with van der Waals surface area (Å²) in [5, 5.41) is 3.78. The molecule has 0 saturated heterocycles. The number of carbonyl (C=O) groups is 2. The fourth-order valence-corrected chi connectivity index (χ4v) is 4.28. The standard InChI is InChI=1S/C21H21ClN4O3S/c1-12(2)11-29-20-14(22)8-13(9-23-20)18-10-24-21(30-18)25-19(28)16-5-6-17(27)15-4-3-7-26(15)16/h3-4,7-10,12,16H,5-6,11H2,1-2H3,(H,24,25,28). The van der Waals surface area contributed by atoms with Gasteiger partial charge < -0.3 is 14.6 Å². The second-order valence-electron chi connectivity index (χ2n) is 7.51. The summed E-state index contributed by atoms with van der Waals surface area (Å²) < 4.78 is 7.34. The third kappa shape index (κ3) is 4.24. The molecule has 0 aromatic carbocycles. The highest BCUT2D eigenvalue weighted by atomic mass is 35.5. The summed E-state index contributed by atoms with van der Waals surface area (Å²) in [6.07, 6.45) is 5.95. The summed E-state index contributed by atoms with van der Waals surface area (Å²) in [4.78, 5) is 34.2. The number of nitrogens with zero attached hydrogens (tertiary/aromatic N) is 3. The van der Waals surface area contributed by atoms with Crippen LogP contribution in [0, 0.1) is 5.92 Å². The second kappa shape index (κ2) is 8.57. The Bertz CT molecular complexity index is 1090. The first-order valence-electron chi connectivity index (χ1n) is 9.68. The summed E-state index contributed by atoms with van der Waals surface area (Å²) in [6.45, 7) is 4.65. The Kier molecular flexibility index (Phi) is 5.87. The van der Waals surface area contributed by atoms with Gasteiger partial charge in [-0.1, -0.05) is 36.8 Å². The summed E-state index contributed by atoms with van der Waals surface area (Å²) >= 11 is 7.64. The third-order valence-corrected chi connectivity index (χ3v) is 5.96. The molecule has 4 rings (SSSR count). The Labute approximate surface area is 183 Å². The summed E-state index contributed by atoms with van der Waals surface area (Å²) in [5.74, 6) is 0.655. The number of ether oxygens (including phenoxy) is 1. The Morgan fingerprint density at radius 2 is 2.23 bits per heavy atom. The van der Waals surface area contributed by atoms with Crippen molar-refractivity contribution in [1.82, 2.24) is 14.5 Å². The largest absolute Gasteiger partial charge is 0.476 e. The lowest BCUT2D eigenvalue weighted by Crippen LogP contribution is -2.31. The first-order valence-corrected chi connectivity index (χ1v) is 10.9. The molecule has 3 aromatic rings. The van der Waals surface area contributed by atoms with Crippen molar-refractivity contribution in [2.75, 3.05) is 11.9 Å². The highest BCUT2D eigenvalue weighted by Crippen LogP contribution is 2.34. The molecule has 156 valence electrons. The average molecular weight is 445 g/mol. The van der Waals surface area contributed by atoms with E-state index in [0.717, 1.165) is 10.4 Å². The highest BCUT2D eigenvalue weighted by Gasteiger charge is 2.30. The van der Waals surface area contributed by atoms with E-state index in [1.54, 1.807) is 41.4 Å². The zero-order valence-electron chi connectivity index (χ0n) is 16.6. The number of anilines is 1. The van der Waals surface area contributed by atoms with E-state index < -0.39 is 6.04 Å². The molecule has 30 heavy (non-hydrogen) atoms. The number of halogens is 1. The number of Topliss-reactive ketones (excluding diaryl/α,β-unsaturated/α-hetero) is 1. The molecule has 0 saturated carbocycles. The molecule has 9 heteroatoms. The molecule has 1 aliphatic rings. The second-order valence-corrected chi connectivity index (χ2v) is 8.95. The van der Waals surface area contributed by atoms with Crippen LogP contribution in [0.5, 0.6) is 5.88 Å². The lowest BCUT2D eigenvalue weighted by molar-refractivity contribution is -0.119. The summed E-state index contributed by atoms with van der Waals surface area (Å²) in [5.41, 5.74) is 1.37. The molecule has 1 unspecified atom stereocenters. The fourth-order valence-electron chi connectivity index (χ4n) is 3.26. The minimum Gasteiger partial charge on any atom is -0.476 e. The van der Waals surface area contributed by atoms with E-state index in [1.165, 1.54) is 11.3 Å². The van der Waals surface area contributed by atoms with Crippen molar-refractivity contribution in [2.45, 2.75) is 32.7 Å². The van der Waals surface area contributed by atoms with Crippen molar-refractivity contribution in [3.05, 3.63) is 47.5 Å². The normalized spacial score (nSPS) is 15.9. The molecule has 0 aliphatic carbocycles. The minimum atomic E-state index is -0.423. The van der Waals surface area contributed by atoms with Gasteiger partial charge in [-0.15, -0.1) is 0 Å².